The van der Waals surface area contributed by atoms with E-state index >= 15 is 0 Å². The van der Waals surface area contributed by atoms with Gasteiger partial charge in [-0.15, -0.1) is 0 Å². The Morgan fingerprint density at radius 2 is 1.80 bits per heavy atom. The number of hydrogen-bond acceptors (Lipinski definition) is 3. The molecule has 96 valence electrons. The predicted octanol–water partition coefficient (Wildman–Crippen LogP) is 3.29. The molecule has 0 fully saturated rings. The van der Waals surface area contributed by atoms with Crippen molar-refractivity contribution in [2.24, 2.45) is 0 Å². The van der Waals surface area contributed by atoms with Crippen molar-refractivity contribution < 1.29 is 0 Å². The smallest absolute Gasteiger partial charge is 0.185 e. The normalized spacial score (nSPS) is 15.2. The van der Waals surface area contributed by atoms with Crippen LogP contribution in [0.1, 0.15) is 23.2 Å². The van der Waals surface area contributed by atoms with Crippen molar-refractivity contribution >= 4 is 0 Å². The number of nitriles is 2. The Labute approximate surface area is 118 Å². The van der Waals surface area contributed by atoms with E-state index < -0.39 is 5.41 Å². The number of benzene rings is 1. The number of pyridine rings is 1. The van der Waals surface area contributed by atoms with Gasteiger partial charge in [0, 0.05) is 11.8 Å². The summed E-state index contributed by atoms with van der Waals surface area (Å²) in [5.41, 5.74) is 3.97. The lowest BCUT2D eigenvalue weighted by Gasteiger charge is -2.11. The van der Waals surface area contributed by atoms with Crippen LogP contribution in [0.4, 0.5) is 0 Å². The fourth-order valence-corrected chi connectivity index (χ4v) is 2.67. The lowest BCUT2D eigenvalue weighted by atomic mass is 9.89. The van der Waals surface area contributed by atoms with E-state index in [9.17, 15) is 10.5 Å². The fourth-order valence-electron chi connectivity index (χ4n) is 2.67. The van der Waals surface area contributed by atoms with Gasteiger partial charge in [0.2, 0.25) is 0 Å². The maximum absolute atomic E-state index is 9.27. The first-order valence-electron chi connectivity index (χ1n) is 6.57. The van der Waals surface area contributed by atoms with Crippen LogP contribution in [0.3, 0.4) is 0 Å². The Morgan fingerprint density at radius 3 is 2.45 bits per heavy atom. The molecule has 0 saturated carbocycles. The van der Waals surface area contributed by atoms with Crippen LogP contribution in [0, 0.1) is 29.6 Å². The highest BCUT2D eigenvalue weighted by Gasteiger charge is 2.41. The maximum Gasteiger partial charge on any atom is 0.185 e. The van der Waals surface area contributed by atoms with Gasteiger partial charge in [0.1, 0.15) is 0 Å². The van der Waals surface area contributed by atoms with Crippen molar-refractivity contribution in [1.29, 1.82) is 10.5 Å². The van der Waals surface area contributed by atoms with E-state index in [0.29, 0.717) is 12.1 Å². The number of aromatic nitrogens is 1. The Morgan fingerprint density at radius 1 is 1.10 bits per heavy atom. The Bertz CT molecular complexity index is 731. The summed E-state index contributed by atoms with van der Waals surface area (Å²) in [4.78, 5) is 4.41. The number of fused-ring (bicyclic) bond motifs is 1. The number of aryl methyl sites for hydroxylation is 2. The Hall–Kier alpha value is -2.65. The van der Waals surface area contributed by atoms with E-state index in [4.69, 9.17) is 0 Å². The zero-order valence-electron chi connectivity index (χ0n) is 11.2. The molecule has 20 heavy (non-hydrogen) atoms. The monoisotopic (exact) mass is 259 g/mol. The molecule has 0 unspecified atom stereocenters. The lowest BCUT2D eigenvalue weighted by Crippen LogP contribution is -2.19. The van der Waals surface area contributed by atoms with Crippen LogP contribution in [-0.4, -0.2) is 4.98 Å². The summed E-state index contributed by atoms with van der Waals surface area (Å²) < 4.78 is 0. The molecule has 1 aromatic carbocycles. The first kappa shape index (κ1) is 12.4. The highest BCUT2D eigenvalue weighted by Crippen LogP contribution is 2.38. The Kier molecular flexibility index (Phi) is 2.77. The average molecular weight is 259 g/mol. The SMILES string of the molecule is Cc1ccc(-c2cnc3c(c2)CCC3(C#N)C#N)cc1. The molecular weight excluding hydrogens is 246 g/mol. The molecule has 0 spiro atoms. The van der Waals surface area contributed by atoms with Crippen LogP contribution in [0.25, 0.3) is 11.1 Å². The molecule has 1 aliphatic rings. The standard InChI is InChI=1S/C17H13N3/c1-12-2-4-13(5-3-12)15-8-14-6-7-17(10-18,11-19)16(14)20-9-15/h2-5,8-9H,6-7H2,1H3. The second-order valence-corrected chi connectivity index (χ2v) is 5.23. The van der Waals surface area contributed by atoms with Gasteiger partial charge in [-0.25, -0.2) is 0 Å². The summed E-state index contributed by atoms with van der Waals surface area (Å²) in [6, 6.07) is 14.6. The van der Waals surface area contributed by atoms with Gasteiger partial charge in [0.05, 0.1) is 17.8 Å². The maximum atomic E-state index is 9.27. The van der Waals surface area contributed by atoms with E-state index in [2.05, 4.69) is 54.4 Å². The molecule has 0 N–H and O–H groups in total. The van der Waals surface area contributed by atoms with E-state index in [-0.39, 0.29) is 0 Å². The number of hydrogen-bond donors (Lipinski definition) is 0. The fraction of sp³-hybridized carbons (Fsp3) is 0.235. The minimum atomic E-state index is -1.05. The van der Waals surface area contributed by atoms with Crippen LogP contribution in [-0.2, 0) is 11.8 Å². The lowest BCUT2D eigenvalue weighted by molar-refractivity contribution is 0.672. The molecule has 0 bridgehead atoms. The van der Waals surface area contributed by atoms with Crippen LogP contribution in [0.15, 0.2) is 36.5 Å². The molecule has 0 atom stereocenters. The van der Waals surface area contributed by atoms with Gasteiger partial charge in [-0.3, -0.25) is 4.98 Å². The minimum Gasteiger partial charge on any atom is -0.258 e. The van der Waals surface area contributed by atoms with E-state index in [1.54, 1.807) is 6.20 Å². The third kappa shape index (κ3) is 1.76. The number of rotatable bonds is 1. The largest absolute Gasteiger partial charge is 0.258 e. The van der Waals surface area contributed by atoms with E-state index in [1.807, 2.05) is 0 Å². The van der Waals surface area contributed by atoms with Gasteiger partial charge in [-0.05, 0) is 37.0 Å². The van der Waals surface area contributed by atoms with Gasteiger partial charge >= 0.3 is 0 Å². The summed E-state index contributed by atoms with van der Waals surface area (Å²) in [6.07, 6.45) is 3.04. The van der Waals surface area contributed by atoms with Crippen LogP contribution >= 0.6 is 0 Å². The third-order valence-corrected chi connectivity index (χ3v) is 3.91. The molecule has 0 aliphatic heterocycles. The summed E-state index contributed by atoms with van der Waals surface area (Å²) >= 11 is 0. The Balaban J connectivity index is 2.07. The van der Waals surface area contributed by atoms with Crippen molar-refractivity contribution in [3.63, 3.8) is 0 Å². The zero-order valence-corrected chi connectivity index (χ0v) is 11.2. The van der Waals surface area contributed by atoms with Gasteiger partial charge in [-0.1, -0.05) is 29.8 Å². The molecule has 3 nitrogen and oxygen atoms in total. The molecule has 0 radical (unpaired) electrons. The summed E-state index contributed by atoms with van der Waals surface area (Å²) in [6.45, 7) is 2.05. The summed E-state index contributed by atoms with van der Waals surface area (Å²) in [5.74, 6) is 0. The molecular formula is C17H13N3. The van der Waals surface area contributed by atoms with Crippen LogP contribution in [0.5, 0.6) is 0 Å². The van der Waals surface area contributed by atoms with Gasteiger partial charge < -0.3 is 0 Å². The molecule has 3 heteroatoms. The molecule has 0 amide bonds. The topological polar surface area (TPSA) is 60.5 Å². The molecule has 1 heterocycles. The highest BCUT2D eigenvalue weighted by molar-refractivity contribution is 5.65. The zero-order chi connectivity index (χ0) is 14.2. The van der Waals surface area contributed by atoms with Crippen molar-refractivity contribution in [3.05, 3.63) is 53.3 Å². The quantitative estimate of drug-likeness (QED) is 0.789. The van der Waals surface area contributed by atoms with Crippen LogP contribution < -0.4 is 0 Å². The highest BCUT2D eigenvalue weighted by atomic mass is 14.7. The first-order valence-corrected chi connectivity index (χ1v) is 6.57. The first-order chi connectivity index (χ1) is 9.68. The van der Waals surface area contributed by atoms with Crippen LogP contribution in [0.2, 0.25) is 0 Å². The number of nitrogens with zero attached hydrogens (tertiary/aromatic N) is 3. The average Bonchev–Trinajstić information content (AvgIpc) is 2.86. The minimum absolute atomic E-state index is 0.541. The van der Waals surface area contributed by atoms with Crippen molar-refractivity contribution in [1.82, 2.24) is 4.98 Å². The molecule has 1 aliphatic carbocycles. The van der Waals surface area contributed by atoms with E-state index in [0.717, 1.165) is 23.1 Å². The second-order valence-electron chi connectivity index (χ2n) is 5.23. The van der Waals surface area contributed by atoms with Gasteiger partial charge in [0.15, 0.2) is 5.41 Å². The predicted molar refractivity (Wildman–Crippen MR) is 75.6 cm³/mol. The molecule has 2 aromatic rings. The summed E-state index contributed by atoms with van der Waals surface area (Å²) in [7, 11) is 0. The van der Waals surface area contributed by atoms with Gasteiger partial charge in [0.25, 0.3) is 0 Å². The van der Waals surface area contributed by atoms with Crippen molar-refractivity contribution in [2.45, 2.75) is 25.2 Å². The van der Waals surface area contributed by atoms with Gasteiger partial charge in [-0.2, -0.15) is 10.5 Å². The van der Waals surface area contributed by atoms with Crippen molar-refractivity contribution in [3.8, 4) is 23.3 Å². The van der Waals surface area contributed by atoms with Crippen molar-refractivity contribution in [2.75, 3.05) is 0 Å². The second kappa shape index (κ2) is 4.47. The molecule has 3 rings (SSSR count). The third-order valence-electron chi connectivity index (χ3n) is 3.91. The van der Waals surface area contributed by atoms with E-state index in [1.165, 1.54) is 5.56 Å². The molecule has 0 saturated heterocycles. The molecule has 1 aromatic heterocycles. The summed E-state index contributed by atoms with van der Waals surface area (Å²) in [5, 5.41) is 18.5.